The van der Waals surface area contributed by atoms with Crippen molar-refractivity contribution in [1.82, 2.24) is 14.7 Å². The number of hydrogen-bond acceptors (Lipinski definition) is 3. The van der Waals surface area contributed by atoms with E-state index >= 15 is 0 Å². The lowest BCUT2D eigenvalue weighted by Crippen LogP contribution is -2.54. The molecule has 3 aliphatic rings. The van der Waals surface area contributed by atoms with E-state index in [0.717, 1.165) is 31.4 Å². The van der Waals surface area contributed by atoms with Gasteiger partial charge in [0.05, 0.1) is 0 Å². The fourth-order valence-corrected chi connectivity index (χ4v) is 4.16. The van der Waals surface area contributed by atoms with Crippen molar-refractivity contribution in [2.24, 2.45) is 0 Å². The van der Waals surface area contributed by atoms with Crippen LogP contribution in [0.2, 0.25) is 0 Å². The number of piperazine rings is 1. The molecule has 1 N–H and O–H groups in total. The molecule has 7 nitrogen and oxygen atoms in total. The molecule has 2 saturated heterocycles. The summed E-state index contributed by atoms with van der Waals surface area (Å²) in [6.45, 7) is 3.03. The lowest BCUT2D eigenvalue weighted by atomic mass is 10.1. The Hall–Kier alpha value is -2.57. The maximum absolute atomic E-state index is 12.5. The highest BCUT2D eigenvalue weighted by Gasteiger charge is 2.31. The van der Waals surface area contributed by atoms with Gasteiger partial charge in [0, 0.05) is 45.0 Å². The second kappa shape index (κ2) is 7.58. The Kier molecular flexibility index (Phi) is 5.01. The first kappa shape index (κ1) is 17.8. The number of aryl methyl sites for hydroxylation is 2. The molecule has 0 bridgehead atoms. The molecular weight excluding hydrogens is 344 g/mol. The van der Waals surface area contributed by atoms with Crippen molar-refractivity contribution in [3.63, 3.8) is 0 Å². The first-order valence-electron chi connectivity index (χ1n) is 9.88. The number of anilines is 1. The fraction of sp³-hybridized carbons (Fsp3) is 0.550. The van der Waals surface area contributed by atoms with Gasteiger partial charge in [-0.15, -0.1) is 0 Å². The molecule has 1 aromatic rings. The second-order valence-electron chi connectivity index (χ2n) is 7.55. The second-order valence-corrected chi connectivity index (χ2v) is 7.55. The van der Waals surface area contributed by atoms with Crippen LogP contribution in [0.5, 0.6) is 0 Å². The van der Waals surface area contributed by atoms with Crippen LogP contribution in [0.15, 0.2) is 18.2 Å². The van der Waals surface area contributed by atoms with Gasteiger partial charge in [-0.05, 0) is 55.4 Å². The van der Waals surface area contributed by atoms with Gasteiger partial charge in [0.2, 0.25) is 0 Å². The van der Waals surface area contributed by atoms with Crippen molar-refractivity contribution in [2.45, 2.75) is 32.1 Å². The number of benzene rings is 1. The maximum Gasteiger partial charge on any atom is 0.321 e. The van der Waals surface area contributed by atoms with Gasteiger partial charge in [0.1, 0.15) is 0 Å². The quantitative estimate of drug-likeness (QED) is 0.761. The van der Waals surface area contributed by atoms with Crippen LogP contribution in [0, 0.1) is 0 Å². The first-order valence-corrected chi connectivity index (χ1v) is 9.88. The zero-order valence-electron chi connectivity index (χ0n) is 15.6. The van der Waals surface area contributed by atoms with Gasteiger partial charge in [0.15, 0.2) is 0 Å². The highest BCUT2D eigenvalue weighted by Crippen LogP contribution is 2.25. The van der Waals surface area contributed by atoms with Crippen molar-refractivity contribution in [2.75, 3.05) is 44.6 Å². The van der Waals surface area contributed by atoms with Crippen LogP contribution in [0.3, 0.4) is 0 Å². The largest absolute Gasteiger partial charge is 0.334 e. The maximum atomic E-state index is 12.5. The molecule has 0 atom stereocenters. The van der Waals surface area contributed by atoms with Gasteiger partial charge < -0.3 is 20.0 Å². The summed E-state index contributed by atoms with van der Waals surface area (Å²) in [5.41, 5.74) is 3.52. The summed E-state index contributed by atoms with van der Waals surface area (Å²) in [6, 6.07) is 5.97. The van der Waals surface area contributed by atoms with Crippen LogP contribution in [0.4, 0.5) is 10.5 Å². The van der Waals surface area contributed by atoms with E-state index in [9.17, 15) is 14.4 Å². The summed E-state index contributed by atoms with van der Waals surface area (Å²) in [7, 11) is 0. The number of amides is 4. The highest BCUT2D eigenvalue weighted by molar-refractivity contribution is 6.35. The molecule has 0 saturated carbocycles. The molecule has 0 spiro atoms. The number of nitrogens with zero attached hydrogens (tertiary/aromatic N) is 3. The Morgan fingerprint density at radius 2 is 1.30 bits per heavy atom. The van der Waals surface area contributed by atoms with Crippen molar-refractivity contribution >= 4 is 23.5 Å². The smallest absolute Gasteiger partial charge is 0.321 e. The molecule has 0 unspecified atom stereocenters. The van der Waals surface area contributed by atoms with E-state index in [4.69, 9.17) is 0 Å². The summed E-state index contributed by atoms with van der Waals surface area (Å²) in [4.78, 5) is 42.0. The predicted octanol–water partition coefficient (Wildman–Crippen LogP) is 1.47. The lowest BCUT2D eigenvalue weighted by molar-refractivity contribution is -0.152. The lowest BCUT2D eigenvalue weighted by Gasteiger charge is -2.35. The van der Waals surface area contributed by atoms with E-state index in [1.807, 2.05) is 6.07 Å². The van der Waals surface area contributed by atoms with E-state index in [2.05, 4.69) is 17.4 Å². The van der Waals surface area contributed by atoms with Crippen molar-refractivity contribution in [3.05, 3.63) is 29.3 Å². The first-order chi connectivity index (χ1) is 13.1. The normalized spacial score (nSPS) is 19.2. The van der Waals surface area contributed by atoms with E-state index in [0.29, 0.717) is 39.3 Å². The molecule has 27 heavy (non-hydrogen) atoms. The number of carbonyl (C=O) groups excluding carboxylic acids is 3. The molecule has 2 aliphatic heterocycles. The Bertz CT molecular complexity index is 750. The Labute approximate surface area is 159 Å². The van der Waals surface area contributed by atoms with Gasteiger partial charge in [-0.2, -0.15) is 0 Å². The van der Waals surface area contributed by atoms with E-state index < -0.39 is 11.8 Å². The van der Waals surface area contributed by atoms with Crippen molar-refractivity contribution < 1.29 is 14.4 Å². The monoisotopic (exact) mass is 370 g/mol. The van der Waals surface area contributed by atoms with Gasteiger partial charge in [0.25, 0.3) is 0 Å². The molecule has 4 rings (SSSR count). The molecule has 1 aliphatic carbocycles. The number of fused-ring (bicyclic) bond motifs is 1. The van der Waals surface area contributed by atoms with Crippen molar-refractivity contribution in [3.8, 4) is 0 Å². The Morgan fingerprint density at radius 3 is 2.00 bits per heavy atom. The third-order valence-electron chi connectivity index (χ3n) is 5.78. The SMILES string of the molecule is O=C(Nc1ccc2c(c1)CCC2)N1CCN(C(=O)C(=O)N2CCCC2)CC1. The average molecular weight is 370 g/mol. The summed E-state index contributed by atoms with van der Waals surface area (Å²) >= 11 is 0. The van der Waals surface area contributed by atoms with Gasteiger partial charge >= 0.3 is 17.8 Å². The number of nitrogens with one attached hydrogen (secondary N) is 1. The summed E-state index contributed by atoms with van der Waals surface area (Å²) < 4.78 is 0. The average Bonchev–Trinajstić information content (AvgIpc) is 3.38. The minimum Gasteiger partial charge on any atom is -0.334 e. The number of urea groups is 1. The van der Waals surface area contributed by atoms with E-state index in [-0.39, 0.29) is 6.03 Å². The fourth-order valence-electron chi connectivity index (χ4n) is 4.16. The topological polar surface area (TPSA) is 73.0 Å². The van der Waals surface area contributed by atoms with Crippen molar-refractivity contribution in [1.29, 1.82) is 0 Å². The van der Waals surface area contributed by atoms with Gasteiger partial charge in [-0.25, -0.2) is 4.79 Å². The van der Waals surface area contributed by atoms with Crippen LogP contribution >= 0.6 is 0 Å². The van der Waals surface area contributed by atoms with Gasteiger partial charge in [-0.3, -0.25) is 9.59 Å². The zero-order valence-corrected chi connectivity index (χ0v) is 15.6. The van der Waals surface area contributed by atoms with Crippen LogP contribution in [0.25, 0.3) is 0 Å². The predicted molar refractivity (Wildman–Crippen MR) is 101 cm³/mol. The number of carbonyl (C=O) groups is 3. The molecule has 0 aromatic heterocycles. The molecule has 2 fully saturated rings. The highest BCUT2D eigenvalue weighted by atomic mass is 16.2. The molecule has 144 valence electrons. The van der Waals surface area contributed by atoms with Gasteiger partial charge in [-0.1, -0.05) is 6.07 Å². The van der Waals surface area contributed by atoms with Crippen LogP contribution < -0.4 is 5.32 Å². The number of hydrogen-bond donors (Lipinski definition) is 1. The van der Waals surface area contributed by atoms with E-state index in [1.54, 1.807) is 14.7 Å². The Balaban J connectivity index is 1.29. The third kappa shape index (κ3) is 3.77. The molecule has 4 amide bonds. The minimum absolute atomic E-state index is 0.147. The van der Waals surface area contributed by atoms with Crippen LogP contribution in [-0.2, 0) is 22.4 Å². The molecule has 7 heteroatoms. The zero-order chi connectivity index (χ0) is 18.8. The minimum atomic E-state index is -0.435. The van der Waals surface area contributed by atoms with Crippen LogP contribution in [0.1, 0.15) is 30.4 Å². The standard InChI is InChI=1S/C20H26N4O3/c25-18(22-8-1-2-9-22)19(26)23-10-12-24(13-11-23)20(27)21-17-7-6-15-4-3-5-16(15)14-17/h6-7,14H,1-5,8-13H2,(H,21,27). The molecule has 1 aromatic carbocycles. The summed E-state index contributed by atoms with van der Waals surface area (Å²) in [5.74, 6) is -0.834. The van der Waals surface area contributed by atoms with E-state index in [1.165, 1.54) is 17.5 Å². The third-order valence-corrected chi connectivity index (χ3v) is 5.78. The Morgan fingerprint density at radius 1 is 0.704 bits per heavy atom. The molecule has 2 heterocycles. The number of rotatable bonds is 1. The summed E-state index contributed by atoms with van der Waals surface area (Å²) in [5, 5.41) is 2.96. The summed E-state index contributed by atoms with van der Waals surface area (Å²) in [6.07, 6.45) is 5.31. The van der Waals surface area contributed by atoms with Crippen LogP contribution in [-0.4, -0.2) is 71.8 Å². The molecule has 0 radical (unpaired) electrons. The number of likely N-dealkylation sites (tertiary alicyclic amines) is 1. The molecular formula is C20H26N4O3.